The summed E-state index contributed by atoms with van der Waals surface area (Å²) in [5, 5.41) is 7.71. The van der Waals surface area contributed by atoms with E-state index < -0.39 is 17.6 Å². The maximum atomic E-state index is 12.6. The summed E-state index contributed by atoms with van der Waals surface area (Å²) in [5.41, 5.74) is 5.76. The molecule has 1 atom stereocenters. The highest BCUT2D eigenvalue weighted by molar-refractivity contribution is 5.82. The number of nitrogens with two attached hydrogens (primary N) is 1. The Kier molecular flexibility index (Phi) is 3.96. The Morgan fingerprint density at radius 1 is 1.48 bits per heavy atom. The minimum atomic E-state index is -4.88. The highest BCUT2D eigenvalue weighted by atomic mass is 19.4. The minimum Gasteiger partial charge on any atom is -0.333 e. The van der Waals surface area contributed by atoms with Crippen LogP contribution in [0.25, 0.3) is 0 Å². The van der Waals surface area contributed by atoms with Crippen LogP contribution in [0.4, 0.5) is 13.2 Å². The van der Waals surface area contributed by atoms with Gasteiger partial charge in [-0.3, -0.25) is 4.79 Å². The summed E-state index contributed by atoms with van der Waals surface area (Å²) in [6, 6.07) is -0.0170. The number of carbonyl (C=O) groups excluding carboxylic acids is 1. The Balaban J connectivity index is 2.27. The van der Waals surface area contributed by atoms with Gasteiger partial charge >= 0.3 is 12.1 Å². The molecule has 2 N–H and O–H groups in total. The summed E-state index contributed by atoms with van der Waals surface area (Å²) in [5.74, 6) is -1.85. The Labute approximate surface area is 120 Å². The van der Waals surface area contributed by atoms with E-state index in [0.29, 0.717) is 18.5 Å². The summed E-state index contributed by atoms with van der Waals surface area (Å²) in [6.45, 7) is 3.62. The van der Waals surface area contributed by atoms with Gasteiger partial charge in [0.1, 0.15) is 0 Å². The zero-order valence-corrected chi connectivity index (χ0v) is 11.9. The fraction of sp³-hybridized carbons (Fsp3) is 0.750. The van der Waals surface area contributed by atoms with E-state index in [2.05, 4.69) is 10.3 Å². The number of hydrogen-bond donors (Lipinski definition) is 1. The maximum Gasteiger partial charge on any atom is 0.471 e. The van der Waals surface area contributed by atoms with Gasteiger partial charge in [0.15, 0.2) is 0 Å². The minimum absolute atomic E-state index is 0.0170. The molecule has 1 saturated heterocycles. The van der Waals surface area contributed by atoms with E-state index in [1.54, 1.807) is 4.68 Å². The number of nitrogens with zero attached hydrogens (tertiary/aromatic N) is 4. The van der Waals surface area contributed by atoms with Crippen LogP contribution in [0.15, 0.2) is 6.20 Å². The Hall–Kier alpha value is -1.64. The summed E-state index contributed by atoms with van der Waals surface area (Å²) < 4.78 is 39.3. The molecule has 1 aliphatic rings. The van der Waals surface area contributed by atoms with Gasteiger partial charge in [0.25, 0.3) is 0 Å². The van der Waals surface area contributed by atoms with E-state index in [4.69, 9.17) is 5.73 Å². The van der Waals surface area contributed by atoms with E-state index in [1.165, 1.54) is 6.20 Å². The lowest BCUT2D eigenvalue weighted by molar-refractivity contribution is -0.187. The molecular formula is C12H18F3N5O. The molecule has 2 rings (SSSR count). The number of hydrogen-bond acceptors (Lipinski definition) is 4. The molecule has 0 aromatic carbocycles. The Morgan fingerprint density at radius 3 is 2.71 bits per heavy atom. The van der Waals surface area contributed by atoms with Gasteiger partial charge < -0.3 is 10.6 Å². The number of rotatable bonds is 2. The first-order chi connectivity index (χ1) is 9.65. The third-order valence-corrected chi connectivity index (χ3v) is 3.63. The van der Waals surface area contributed by atoms with Crippen molar-refractivity contribution in [3.63, 3.8) is 0 Å². The SMILES string of the molecule is CC(C)n1nncc1C1(N)CCCN(C(=O)C(F)(F)F)C1. The average Bonchev–Trinajstić information content (AvgIpc) is 2.87. The molecular weight excluding hydrogens is 287 g/mol. The molecule has 1 unspecified atom stereocenters. The number of carbonyl (C=O) groups is 1. The van der Waals surface area contributed by atoms with Crippen LogP contribution in [0.1, 0.15) is 38.4 Å². The van der Waals surface area contributed by atoms with Crippen LogP contribution in [0.3, 0.4) is 0 Å². The predicted octanol–water partition coefficient (Wildman–Crippen LogP) is 1.20. The second kappa shape index (κ2) is 5.28. The highest BCUT2D eigenvalue weighted by Crippen LogP contribution is 2.31. The van der Waals surface area contributed by atoms with Crippen LogP contribution in [-0.4, -0.2) is 45.1 Å². The van der Waals surface area contributed by atoms with Crippen molar-refractivity contribution >= 4 is 5.91 Å². The molecule has 118 valence electrons. The van der Waals surface area contributed by atoms with Crippen LogP contribution >= 0.6 is 0 Å². The monoisotopic (exact) mass is 305 g/mol. The molecule has 0 bridgehead atoms. The second-order valence-electron chi connectivity index (χ2n) is 5.64. The molecule has 9 heteroatoms. The summed E-state index contributed by atoms with van der Waals surface area (Å²) in [4.78, 5) is 12.2. The lowest BCUT2D eigenvalue weighted by Crippen LogP contribution is -2.56. The number of piperidine rings is 1. The van der Waals surface area contributed by atoms with Crippen molar-refractivity contribution < 1.29 is 18.0 Å². The van der Waals surface area contributed by atoms with E-state index in [9.17, 15) is 18.0 Å². The van der Waals surface area contributed by atoms with Crippen molar-refractivity contribution in [1.82, 2.24) is 19.9 Å². The first kappa shape index (κ1) is 15.7. The summed E-state index contributed by atoms with van der Waals surface area (Å²) >= 11 is 0. The smallest absolute Gasteiger partial charge is 0.333 e. The average molecular weight is 305 g/mol. The van der Waals surface area contributed by atoms with Gasteiger partial charge in [-0.2, -0.15) is 13.2 Å². The zero-order chi connectivity index (χ0) is 15.8. The van der Waals surface area contributed by atoms with Crippen LogP contribution in [0.2, 0.25) is 0 Å². The molecule has 1 aromatic heterocycles. The van der Waals surface area contributed by atoms with Gasteiger partial charge in [-0.1, -0.05) is 5.21 Å². The van der Waals surface area contributed by atoms with Gasteiger partial charge in [-0.15, -0.1) is 5.10 Å². The lowest BCUT2D eigenvalue weighted by atomic mass is 9.86. The lowest BCUT2D eigenvalue weighted by Gasteiger charge is -2.40. The zero-order valence-electron chi connectivity index (χ0n) is 11.9. The van der Waals surface area contributed by atoms with Gasteiger partial charge in [0.2, 0.25) is 0 Å². The molecule has 1 amide bonds. The summed E-state index contributed by atoms with van der Waals surface area (Å²) in [6.07, 6.45) is -2.54. The van der Waals surface area contributed by atoms with Gasteiger partial charge in [0, 0.05) is 19.1 Å². The number of aromatic nitrogens is 3. The van der Waals surface area contributed by atoms with Crippen LogP contribution in [-0.2, 0) is 10.3 Å². The predicted molar refractivity (Wildman–Crippen MR) is 68.1 cm³/mol. The van der Waals surface area contributed by atoms with Crippen molar-refractivity contribution in [2.24, 2.45) is 5.73 Å². The van der Waals surface area contributed by atoms with Crippen LogP contribution in [0.5, 0.6) is 0 Å². The molecule has 0 saturated carbocycles. The standard InChI is InChI=1S/C12H18F3N5O/c1-8(2)20-9(6-17-18-20)11(16)4-3-5-19(7-11)10(21)12(13,14)15/h6,8H,3-5,7,16H2,1-2H3. The molecule has 1 fully saturated rings. The first-order valence-corrected chi connectivity index (χ1v) is 6.71. The molecule has 6 nitrogen and oxygen atoms in total. The van der Waals surface area contributed by atoms with Crippen molar-refractivity contribution in [2.75, 3.05) is 13.1 Å². The Morgan fingerprint density at radius 2 is 2.14 bits per heavy atom. The van der Waals surface area contributed by atoms with Crippen LogP contribution < -0.4 is 5.73 Å². The third-order valence-electron chi connectivity index (χ3n) is 3.63. The maximum absolute atomic E-state index is 12.6. The molecule has 0 spiro atoms. The van der Waals surface area contributed by atoms with Crippen LogP contribution in [0, 0.1) is 0 Å². The van der Waals surface area contributed by atoms with Crippen molar-refractivity contribution in [2.45, 2.75) is 44.4 Å². The highest BCUT2D eigenvalue weighted by Gasteiger charge is 2.47. The van der Waals surface area contributed by atoms with E-state index in [-0.39, 0.29) is 19.1 Å². The van der Waals surface area contributed by atoms with Crippen molar-refractivity contribution in [3.8, 4) is 0 Å². The molecule has 0 radical (unpaired) electrons. The normalized spacial score (nSPS) is 23.7. The fourth-order valence-electron chi connectivity index (χ4n) is 2.63. The fourth-order valence-corrected chi connectivity index (χ4v) is 2.63. The third kappa shape index (κ3) is 3.02. The number of halogens is 3. The first-order valence-electron chi connectivity index (χ1n) is 6.71. The molecule has 1 aromatic rings. The number of likely N-dealkylation sites (tertiary alicyclic amines) is 1. The molecule has 0 aliphatic carbocycles. The molecule has 21 heavy (non-hydrogen) atoms. The topological polar surface area (TPSA) is 77.0 Å². The quantitative estimate of drug-likeness (QED) is 0.890. The number of amides is 1. The number of alkyl halides is 3. The molecule has 1 aliphatic heterocycles. The van der Waals surface area contributed by atoms with Crippen molar-refractivity contribution in [3.05, 3.63) is 11.9 Å². The molecule has 2 heterocycles. The summed E-state index contributed by atoms with van der Waals surface area (Å²) in [7, 11) is 0. The van der Waals surface area contributed by atoms with E-state index in [1.807, 2.05) is 13.8 Å². The van der Waals surface area contributed by atoms with Gasteiger partial charge in [-0.25, -0.2) is 4.68 Å². The van der Waals surface area contributed by atoms with Gasteiger partial charge in [0.05, 0.1) is 17.4 Å². The van der Waals surface area contributed by atoms with Gasteiger partial charge in [-0.05, 0) is 26.7 Å². The largest absolute Gasteiger partial charge is 0.471 e. The van der Waals surface area contributed by atoms with Crippen molar-refractivity contribution in [1.29, 1.82) is 0 Å². The second-order valence-corrected chi connectivity index (χ2v) is 5.64. The van der Waals surface area contributed by atoms with E-state index >= 15 is 0 Å². The Bertz CT molecular complexity index is 527. The van der Waals surface area contributed by atoms with E-state index in [0.717, 1.165) is 4.90 Å².